The van der Waals surface area contributed by atoms with Crippen LogP contribution in [0, 0.1) is 0 Å². The van der Waals surface area contributed by atoms with Crippen molar-refractivity contribution in [3.05, 3.63) is 59.7 Å². The van der Waals surface area contributed by atoms with Gasteiger partial charge in [-0.2, -0.15) is 0 Å². The number of aliphatic carboxylic acids is 1. The maximum Gasteiger partial charge on any atom is 0.307 e. The van der Waals surface area contributed by atoms with E-state index >= 15 is 0 Å². The third-order valence-corrected chi connectivity index (χ3v) is 3.79. The van der Waals surface area contributed by atoms with E-state index in [0.717, 1.165) is 11.3 Å². The molecule has 2 rings (SSSR count). The number of carbonyl (C=O) groups excluding carboxylic acids is 1. The molecular weight excluding hydrogens is 306 g/mol. The van der Waals surface area contributed by atoms with Crippen LogP contribution in [-0.2, 0) is 16.0 Å². The molecule has 0 aliphatic rings. The molecule has 2 aromatic rings. The van der Waals surface area contributed by atoms with E-state index in [4.69, 9.17) is 9.84 Å². The van der Waals surface area contributed by atoms with Crippen LogP contribution in [-0.4, -0.2) is 24.1 Å². The van der Waals surface area contributed by atoms with Gasteiger partial charge in [-0.25, -0.2) is 0 Å². The molecule has 5 nitrogen and oxygen atoms in total. The summed E-state index contributed by atoms with van der Waals surface area (Å²) in [6, 6.07) is 14.5. The van der Waals surface area contributed by atoms with Crippen LogP contribution in [0.1, 0.15) is 30.4 Å². The van der Waals surface area contributed by atoms with Crippen molar-refractivity contribution in [1.29, 1.82) is 0 Å². The summed E-state index contributed by atoms with van der Waals surface area (Å²) in [7, 11) is 1.60. The number of rotatable bonds is 7. The highest BCUT2D eigenvalue weighted by Gasteiger charge is 2.16. The van der Waals surface area contributed by atoms with Crippen molar-refractivity contribution in [3.63, 3.8) is 0 Å². The Labute approximate surface area is 141 Å². The van der Waals surface area contributed by atoms with Crippen LogP contribution in [0.3, 0.4) is 0 Å². The summed E-state index contributed by atoms with van der Waals surface area (Å²) in [5, 5.41) is 11.8. The lowest BCUT2D eigenvalue weighted by Crippen LogP contribution is -2.16. The van der Waals surface area contributed by atoms with Crippen LogP contribution >= 0.6 is 0 Å². The number of nitrogens with one attached hydrogen (secondary N) is 1. The van der Waals surface area contributed by atoms with Crippen molar-refractivity contribution in [2.75, 3.05) is 12.4 Å². The number of anilines is 1. The third-order valence-electron chi connectivity index (χ3n) is 3.79. The lowest BCUT2D eigenvalue weighted by Gasteiger charge is -2.16. The fourth-order valence-corrected chi connectivity index (χ4v) is 2.62. The summed E-state index contributed by atoms with van der Waals surface area (Å²) in [5.74, 6) is -0.359. The van der Waals surface area contributed by atoms with E-state index in [0.29, 0.717) is 11.3 Å². The minimum Gasteiger partial charge on any atom is -0.496 e. The highest BCUT2D eigenvalue weighted by atomic mass is 16.5. The molecule has 5 heteroatoms. The second-order valence-corrected chi connectivity index (χ2v) is 5.62. The van der Waals surface area contributed by atoms with Gasteiger partial charge < -0.3 is 15.2 Å². The van der Waals surface area contributed by atoms with Crippen molar-refractivity contribution in [3.8, 4) is 5.75 Å². The minimum atomic E-state index is -0.931. The van der Waals surface area contributed by atoms with Crippen molar-refractivity contribution in [1.82, 2.24) is 0 Å². The van der Waals surface area contributed by atoms with Crippen LogP contribution in [0.2, 0.25) is 0 Å². The van der Waals surface area contributed by atoms with E-state index < -0.39 is 5.97 Å². The number of hydrogen-bond acceptors (Lipinski definition) is 3. The number of carbonyl (C=O) groups is 2. The number of carboxylic acids is 1. The number of ether oxygens (including phenoxy) is 1. The van der Waals surface area contributed by atoms with Gasteiger partial charge in [-0.05, 0) is 29.2 Å². The molecule has 0 radical (unpaired) electrons. The van der Waals surface area contributed by atoms with Crippen LogP contribution in [0.5, 0.6) is 5.75 Å². The van der Waals surface area contributed by atoms with Gasteiger partial charge >= 0.3 is 5.97 Å². The van der Waals surface area contributed by atoms with E-state index in [1.54, 1.807) is 31.4 Å². The van der Waals surface area contributed by atoms with Gasteiger partial charge in [0.2, 0.25) is 5.91 Å². The van der Waals surface area contributed by atoms with Gasteiger partial charge in [0.25, 0.3) is 0 Å². The Morgan fingerprint density at radius 3 is 2.50 bits per heavy atom. The lowest BCUT2D eigenvalue weighted by atomic mass is 9.96. The Balaban J connectivity index is 2.07. The molecule has 24 heavy (non-hydrogen) atoms. The Kier molecular flexibility index (Phi) is 5.95. The van der Waals surface area contributed by atoms with Gasteiger partial charge in [0.1, 0.15) is 5.75 Å². The Morgan fingerprint density at radius 2 is 1.79 bits per heavy atom. The van der Waals surface area contributed by atoms with Gasteiger partial charge in [-0.3, -0.25) is 9.59 Å². The zero-order chi connectivity index (χ0) is 17.5. The summed E-state index contributed by atoms with van der Waals surface area (Å²) in [4.78, 5) is 23.2. The predicted octanol–water partition coefficient (Wildman–Crippen LogP) is 3.45. The molecule has 1 unspecified atom stereocenters. The van der Waals surface area contributed by atoms with E-state index in [1.165, 1.54) is 0 Å². The Morgan fingerprint density at radius 1 is 1.12 bits per heavy atom. The molecule has 2 N–H and O–H groups in total. The molecule has 126 valence electrons. The molecular formula is C19H21NO4. The number of methoxy groups -OCH3 is 1. The van der Waals surface area contributed by atoms with Gasteiger partial charge in [0.15, 0.2) is 0 Å². The van der Waals surface area contributed by atoms with E-state index in [-0.39, 0.29) is 24.7 Å². The molecule has 0 saturated carbocycles. The number of hydrogen-bond donors (Lipinski definition) is 2. The molecule has 1 atom stereocenters. The summed E-state index contributed by atoms with van der Waals surface area (Å²) in [6.07, 6.45) is 0.153. The molecule has 1 amide bonds. The normalized spacial score (nSPS) is 11.6. The average Bonchev–Trinajstić information content (AvgIpc) is 2.56. The average molecular weight is 327 g/mol. The quantitative estimate of drug-likeness (QED) is 0.816. The second-order valence-electron chi connectivity index (χ2n) is 5.62. The van der Waals surface area contributed by atoms with Gasteiger partial charge in [0, 0.05) is 12.1 Å². The number of benzene rings is 2. The van der Waals surface area contributed by atoms with E-state index in [1.807, 2.05) is 31.2 Å². The van der Waals surface area contributed by atoms with E-state index in [9.17, 15) is 9.59 Å². The highest BCUT2D eigenvalue weighted by molar-refractivity contribution is 5.92. The Hall–Kier alpha value is -2.82. The molecule has 0 aromatic heterocycles. The monoisotopic (exact) mass is 327 g/mol. The SMILES string of the molecule is COc1ccccc1C(C)CC(=O)Nc1ccccc1CC(=O)O. The minimum absolute atomic E-state index is 0.0206. The topological polar surface area (TPSA) is 75.6 Å². The zero-order valence-corrected chi connectivity index (χ0v) is 13.8. The van der Waals surface area contributed by atoms with Crippen LogP contribution in [0.4, 0.5) is 5.69 Å². The third kappa shape index (κ3) is 4.59. The molecule has 0 fully saturated rings. The first-order valence-electron chi connectivity index (χ1n) is 7.73. The van der Waals surface area contributed by atoms with Crippen LogP contribution in [0.25, 0.3) is 0 Å². The van der Waals surface area contributed by atoms with Crippen LogP contribution in [0.15, 0.2) is 48.5 Å². The maximum atomic E-state index is 12.3. The first-order valence-corrected chi connectivity index (χ1v) is 7.73. The Bertz CT molecular complexity index is 727. The van der Waals surface area contributed by atoms with Crippen molar-refractivity contribution in [2.24, 2.45) is 0 Å². The van der Waals surface area contributed by atoms with Crippen molar-refractivity contribution >= 4 is 17.6 Å². The van der Waals surface area contributed by atoms with Crippen LogP contribution < -0.4 is 10.1 Å². The highest BCUT2D eigenvalue weighted by Crippen LogP contribution is 2.28. The first kappa shape index (κ1) is 17.5. The molecule has 0 aliphatic carbocycles. The van der Waals surface area contributed by atoms with Gasteiger partial charge in [-0.15, -0.1) is 0 Å². The molecule has 2 aromatic carbocycles. The summed E-state index contributed by atoms with van der Waals surface area (Å²) < 4.78 is 5.33. The molecule has 0 spiro atoms. The molecule has 0 saturated heterocycles. The number of carboxylic acid groups (broad SMARTS) is 1. The smallest absolute Gasteiger partial charge is 0.307 e. The summed E-state index contributed by atoms with van der Waals surface area (Å²) in [6.45, 7) is 1.96. The number of para-hydroxylation sites is 2. The molecule has 0 aliphatic heterocycles. The molecule has 0 bridgehead atoms. The van der Waals surface area contributed by atoms with E-state index in [2.05, 4.69) is 5.32 Å². The molecule has 0 heterocycles. The second kappa shape index (κ2) is 8.15. The fraction of sp³-hybridized carbons (Fsp3) is 0.263. The standard InChI is InChI=1S/C19H21NO4/c1-13(15-8-4-6-10-17(15)24-2)11-18(21)20-16-9-5-3-7-14(16)12-19(22)23/h3-10,13H,11-12H2,1-2H3,(H,20,21)(H,22,23). The fourth-order valence-electron chi connectivity index (χ4n) is 2.62. The predicted molar refractivity (Wildman–Crippen MR) is 92.4 cm³/mol. The lowest BCUT2D eigenvalue weighted by molar-refractivity contribution is -0.136. The maximum absolute atomic E-state index is 12.3. The number of amides is 1. The van der Waals surface area contributed by atoms with Crippen molar-refractivity contribution < 1.29 is 19.4 Å². The van der Waals surface area contributed by atoms with Gasteiger partial charge in [0.05, 0.1) is 13.5 Å². The zero-order valence-electron chi connectivity index (χ0n) is 13.8. The first-order chi connectivity index (χ1) is 11.5. The largest absolute Gasteiger partial charge is 0.496 e. The van der Waals surface area contributed by atoms with Gasteiger partial charge in [-0.1, -0.05) is 43.3 Å². The summed E-state index contributed by atoms with van der Waals surface area (Å²) >= 11 is 0. The summed E-state index contributed by atoms with van der Waals surface area (Å²) in [5.41, 5.74) is 2.09. The van der Waals surface area contributed by atoms with Crippen molar-refractivity contribution in [2.45, 2.75) is 25.7 Å².